The first-order valence-corrected chi connectivity index (χ1v) is 10.4. The molecule has 0 saturated carbocycles. The molecule has 2 saturated heterocycles. The van der Waals surface area contributed by atoms with E-state index in [4.69, 9.17) is 23.2 Å². The Hall–Kier alpha value is -2.08. The summed E-state index contributed by atoms with van der Waals surface area (Å²) < 4.78 is 14.7. The normalized spacial score (nSPS) is 19.8. The smallest absolute Gasteiger partial charge is 0.256 e. The molecule has 2 heterocycles. The molecule has 0 aromatic heterocycles. The van der Waals surface area contributed by atoms with Crippen LogP contribution in [0.4, 0.5) is 10.1 Å². The molecule has 29 heavy (non-hydrogen) atoms. The van der Waals surface area contributed by atoms with Crippen LogP contribution in [0.3, 0.4) is 0 Å². The molecule has 1 amide bonds. The van der Waals surface area contributed by atoms with E-state index >= 15 is 0 Å². The number of hydrogen-bond acceptors (Lipinski definition) is 3. The number of piperazine rings is 1. The quantitative estimate of drug-likeness (QED) is 0.665. The molecular formula is C22H22Cl2FN3O. The van der Waals surface area contributed by atoms with Crippen LogP contribution in [0.25, 0.3) is 5.70 Å². The van der Waals surface area contributed by atoms with Crippen LogP contribution in [0.15, 0.2) is 48.0 Å². The van der Waals surface area contributed by atoms with Crippen molar-refractivity contribution in [3.63, 3.8) is 0 Å². The number of hydrogen-bond donors (Lipinski definition) is 0. The maximum absolute atomic E-state index is 14.7. The fraction of sp³-hybridized carbons (Fsp3) is 0.318. The number of nitrogens with zero attached hydrogens (tertiary/aromatic N) is 3. The highest BCUT2D eigenvalue weighted by atomic mass is 35.5. The maximum Gasteiger partial charge on any atom is 0.256 e. The molecular weight excluding hydrogens is 412 g/mol. The van der Waals surface area contributed by atoms with Gasteiger partial charge in [-0.3, -0.25) is 4.79 Å². The molecule has 2 aliphatic heterocycles. The van der Waals surface area contributed by atoms with Gasteiger partial charge < -0.3 is 14.7 Å². The molecule has 0 N–H and O–H groups in total. The first kappa shape index (κ1) is 20.2. The van der Waals surface area contributed by atoms with E-state index in [9.17, 15) is 9.18 Å². The summed E-state index contributed by atoms with van der Waals surface area (Å²) >= 11 is 12.2. The van der Waals surface area contributed by atoms with Crippen LogP contribution in [0, 0.1) is 5.82 Å². The minimum absolute atomic E-state index is 0.111. The van der Waals surface area contributed by atoms with Gasteiger partial charge in [0.15, 0.2) is 0 Å². The van der Waals surface area contributed by atoms with Gasteiger partial charge >= 0.3 is 0 Å². The van der Waals surface area contributed by atoms with Gasteiger partial charge in [0.05, 0.1) is 15.7 Å². The van der Waals surface area contributed by atoms with Crippen LogP contribution in [0.1, 0.15) is 12.0 Å². The van der Waals surface area contributed by atoms with E-state index in [1.54, 1.807) is 35.2 Å². The topological polar surface area (TPSA) is 26.8 Å². The summed E-state index contributed by atoms with van der Waals surface area (Å²) in [5, 5.41) is 0.852. The maximum atomic E-state index is 14.7. The summed E-state index contributed by atoms with van der Waals surface area (Å²) in [6.45, 7) is 3.77. The third-order valence-electron chi connectivity index (χ3n) is 5.54. The lowest BCUT2D eigenvalue weighted by atomic mass is 10.0. The fourth-order valence-electron chi connectivity index (χ4n) is 3.92. The Balaban J connectivity index is 1.76. The Bertz CT molecular complexity index is 970. The van der Waals surface area contributed by atoms with Crippen LogP contribution in [-0.4, -0.2) is 55.5 Å². The van der Waals surface area contributed by atoms with E-state index < -0.39 is 0 Å². The van der Waals surface area contributed by atoms with Crippen molar-refractivity contribution in [2.75, 3.05) is 44.7 Å². The van der Waals surface area contributed by atoms with Gasteiger partial charge in [-0.25, -0.2) is 4.39 Å². The van der Waals surface area contributed by atoms with E-state index in [0.29, 0.717) is 45.5 Å². The predicted molar refractivity (Wildman–Crippen MR) is 116 cm³/mol. The highest BCUT2D eigenvalue weighted by Gasteiger charge is 2.33. The molecule has 4 rings (SSSR count). The lowest BCUT2D eigenvalue weighted by Crippen LogP contribution is -2.44. The summed E-state index contributed by atoms with van der Waals surface area (Å²) in [5.41, 5.74) is 2.54. The number of likely N-dealkylation sites (N-methyl/N-ethyl adjacent to an activating group) is 1. The Kier molecular flexibility index (Phi) is 5.81. The molecule has 4 nitrogen and oxygen atoms in total. The van der Waals surface area contributed by atoms with E-state index in [2.05, 4.69) is 16.8 Å². The average Bonchev–Trinajstić information content (AvgIpc) is 3.08. The fourth-order valence-corrected chi connectivity index (χ4v) is 4.21. The molecule has 2 aromatic rings. The molecule has 0 aliphatic carbocycles. The van der Waals surface area contributed by atoms with Gasteiger partial charge in [0.25, 0.3) is 5.91 Å². The molecule has 0 unspecified atom stereocenters. The zero-order valence-electron chi connectivity index (χ0n) is 16.2. The standard InChI is InChI=1S/C22H22Cl2FN3O/c1-26-10-12-27(13-11-26)21(16-4-2-3-5-20(16)25)17-8-9-28(22(17)29)15-6-7-18(23)19(24)14-15/h2-7,14H,8-13H2,1H3. The molecule has 2 aliphatic rings. The number of amides is 1. The van der Waals surface area contributed by atoms with Crippen molar-refractivity contribution >= 4 is 40.5 Å². The average molecular weight is 434 g/mol. The minimum atomic E-state index is -0.310. The van der Waals surface area contributed by atoms with Gasteiger partial charge in [-0.05, 0) is 43.8 Å². The lowest BCUT2D eigenvalue weighted by molar-refractivity contribution is -0.114. The molecule has 152 valence electrons. The Morgan fingerprint density at radius 2 is 1.69 bits per heavy atom. The SMILES string of the molecule is CN1CCN(C(=C2CCN(c3ccc(Cl)c(Cl)c3)C2=O)c2ccccc2F)CC1. The van der Waals surface area contributed by atoms with Crippen molar-refractivity contribution in [1.29, 1.82) is 0 Å². The van der Waals surface area contributed by atoms with Gasteiger partial charge in [0.2, 0.25) is 0 Å². The van der Waals surface area contributed by atoms with E-state index in [1.165, 1.54) is 6.07 Å². The molecule has 0 atom stereocenters. The molecule has 0 bridgehead atoms. The van der Waals surface area contributed by atoms with Crippen molar-refractivity contribution in [3.8, 4) is 0 Å². The van der Waals surface area contributed by atoms with E-state index in [-0.39, 0.29) is 11.7 Å². The van der Waals surface area contributed by atoms with E-state index in [1.807, 2.05) is 6.07 Å². The summed E-state index contributed by atoms with van der Waals surface area (Å²) in [4.78, 5) is 19.4. The van der Waals surface area contributed by atoms with Crippen molar-refractivity contribution in [2.45, 2.75) is 6.42 Å². The van der Waals surface area contributed by atoms with Crippen molar-refractivity contribution in [1.82, 2.24) is 9.80 Å². The molecule has 0 radical (unpaired) electrons. The number of anilines is 1. The molecule has 2 fully saturated rings. The zero-order valence-corrected chi connectivity index (χ0v) is 17.7. The van der Waals surface area contributed by atoms with E-state index in [0.717, 1.165) is 26.2 Å². The Morgan fingerprint density at radius 3 is 2.38 bits per heavy atom. The third-order valence-corrected chi connectivity index (χ3v) is 6.28. The molecule has 2 aromatic carbocycles. The molecule has 0 spiro atoms. The summed E-state index contributed by atoms with van der Waals surface area (Å²) in [6, 6.07) is 11.9. The second-order valence-electron chi connectivity index (χ2n) is 7.40. The van der Waals surface area contributed by atoms with Crippen molar-refractivity contribution in [3.05, 3.63) is 69.5 Å². The number of benzene rings is 2. The van der Waals surface area contributed by atoms with Gasteiger partial charge in [0, 0.05) is 49.5 Å². The van der Waals surface area contributed by atoms with Gasteiger partial charge in [-0.2, -0.15) is 0 Å². The number of halogens is 3. The Morgan fingerprint density at radius 1 is 0.966 bits per heavy atom. The van der Waals surface area contributed by atoms with Gasteiger partial charge in [-0.1, -0.05) is 35.3 Å². The lowest BCUT2D eigenvalue weighted by Gasteiger charge is -2.36. The van der Waals surface area contributed by atoms with Crippen LogP contribution in [0.2, 0.25) is 10.0 Å². The number of carbonyl (C=O) groups is 1. The van der Waals surface area contributed by atoms with Crippen LogP contribution in [-0.2, 0) is 4.79 Å². The van der Waals surface area contributed by atoms with Crippen LogP contribution < -0.4 is 4.90 Å². The summed E-state index contributed by atoms with van der Waals surface area (Å²) in [5.74, 6) is -0.421. The zero-order chi connectivity index (χ0) is 20.5. The monoisotopic (exact) mass is 433 g/mol. The van der Waals surface area contributed by atoms with Crippen molar-refractivity contribution in [2.24, 2.45) is 0 Å². The summed E-state index contributed by atoms with van der Waals surface area (Å²) in [6.07, 6.45) is 0.551. The van der Waals surface area contributed by atoms with Gasteiger partial charge in [-0.15, -0.1) is 0 Å². The second-order valence-corrected chi connectivity index (χ2v) is 8.22. The van der Waals surface area contributed by atoms with Crippen LogP contribution in [0.5, 0.6) is 0 Å². The van der Waals surface area contributed by atoms with Gasteiger partial charge in [0.1, 0.15) is 5.82 Å². The summed E-state index contributed by atoms with van der Waals surface area (Å²) in [7, 11) is 2.07. The minimum Gasteiger partial charge on any atom is -0.368 e. The number of rotatable bonds is 3. The third kappa shape index (κ3) is 4.00. The first-order valence-electron chi connectivity index (χ1n) is 9.64. The molecule has 7 heteroatoms. The highest BCUT2D eigenvalue weighted by Crippen LogP contribution is 2.35. The van der Waals surface area contributed by atoms with Crippen molar-refractivity contribution < 1.29 is 9.18 Å². The largest absolute Gasteiger partial charge is 0.368 e. The van der Waals surface area contributed by atoms with Crippen LogP contribution >= 0.6 is 23.2 Å². The highest BCUT2D eigenvalue weighted by molar-refractivity contribution is 6.42. The first-order chi connectivity index (χ1) is 14.0. The Labute approximate surface area is 180 Å². The number of carbonyl (C=O) groups excluding carboxylic acids is 1. The second kappa shape index (κ2) is 8.34. The predicted octanol–water partition coefficient (Wildman–Crippen LogP) is 4.53.